The number of ether oxygens (including phenoxy) is 1. The SMILES string of the molecule is CCNC(=NCC1(CCOC)CCCC1)NCCC1=CCCC1.I. The molecular weight excluding hydrogens is 413 g/mol. The van der Waals surface area contributed by atoms with E-state index in [1.165, 1.54) is 44.9 Å². The molecule has 0 bridgehead atoms. The van der Waals surface area contributed by atoms with Crippen molar-refractivity contribution >= 4 is 29.9 Å². The second kappa shape index (κ2) is 12.1. The van der Waals surface area contributed by atoms with Crippen molar-refractivity contribution in [2.24, 2.45) is 10.4 Å². The lowest BCUT2D eigenvalue weighted by atomic mass is 9.83. The van der Waals surface area contributed by atoms with Gasteiger partial charge in [-0.1, -0.05) is 24.5 Å². The topological polar surface area (TPSA) is 45.7 Å². The van der Waals surface area contributed by atoms with Gasteiger partial charge in [0, 0.05) is 33.4 Å². The third kappa shape index (κ3) is 7.30. The number of aliphatic imine (C=N–C) groups is 1. The van der Waals surface area contributed by atoms with Crippen LogP contribution < -0.4 is 10.6 Å². The number of nitrogens with zero attached hydrogens (tertiary/aromatic N) is 1. The number of hydrogen-bond donors (Lipinski definition) is 2. The summed E-state index contributed by atoms with van der Waals surface area (Å²) >= 11 is 0. The first-order valence-corrected chi connectivity index (χ1v) is 9.47. The monoisotopic (exact) mass is 449 g/mol. The Bertz CT molecular complexity index is 403. The molecule has 0 unspecified atom stereocenters. The summed E-state index contributed by atoms with van der Waals surface area (Å²) in [5.41, 5.74) is 1.98. The Kier molecular flexibility index (Phi) is 11.0. The maximum Gasteiger partial charge on any atom is 0.191 e. The zero-order valence-corrected chi connectivity index (χ0v) is 17.9. The molecule has 2 aliphatic carbocycles. The van der Waals surface area contributed by atoms with Gasteiger partial charge in [-0.2, -0.15) is 0 Å². The predicted octanol–water partition coefficient (Wildman–Crippen LogP) is 4.26. The van der Waals surface area contributed by atoms with Crippen molar-refractivity contribution in [2.45, 2.75) is 64.7 Å². The Balaban J connectivity index is 0.00000288. The predicted molar refractivity (Wildman–Crippen MR) is 113 cm³/mol. The number of nitrogens with one attached hydrogen (secondary N) is 2. The van der Waals surface area contributed by atoms with Crippen molar-refractivity contribution in [2.75, 3.05) is 33.4 Å². The second-order valence-corrected chi connectivity index (χ2v) is 7.08. The zero-order valence-electron chi connectivity index (χ0n) is 15.5. The van der Waals surface area contributed by atoms with Crippen LogP contribution >= 0.6 is 24.0 Å². The minimum atomic E-state index is 0. The van der Waals surface area contributed by atoms with E-state index in [1.807, 2.05) is 0 Å². The second-order valence-electron chi connectivity index (χ2n) is 7.08. The number of allylic oxidation sites excluding steroid dienone is 1. The first kappa shape index (κ1) is 21.7. The summed E-state index contributed by atoms with van der Waals surface area (Å²) in [7, 11) is 1.80. The molecule has 140 valence electrons. The van der Waals surface area contributed by atoms with Crippen LogP contribution in [0.3, 0.4) is 0 Å². The van der Waals surface area contributed by atoms with Gasteiger partial charge in [-0.25, -0.2) is 0 Å². The summed E-state index contributed by atoms with van der Waals surface area (Å²) in [5, 5.41) is 6.91. The number of halogens is 1. The summed E-state index contributed by atoms with van der Waals surface area (Å²) in [6.07, 6.45) is 13.9. The Morgan fingerprint density at radius 1 is 1.25 bits per heavy atom. The summed E-state index contributed by atoms with van der Waals surface area (Å²) in [5.74, 6) is 0.981. The molecule has 1 saturated carbocycles. The summed E-state index contributed by atoms with van der Waals surface area (Å²) < 4.78 is 5.32. The van der Waals surface area contributed by atoms with Gasteiger partial charge >= 0.3 is 0 Å². The van der Waals surface area contributed by atoms with Gasteiger partial charge in [-0.3, -0.25) is 4.99 Å². The summed E-state index contributed by atoms with van der Waals surface area (Å²) in [6.45, 7) is 5.82. The highest BCUT2D eigenvalue weighted by Crippen LogP contribution is 2.41. The number of guanidine groups is 1. The molecule has 0 heterocycles. The van der Waals surface area contributed by atoms with E-state index in [0.717, 1.165) is 45.0 Å². The molecule has 2 aliphatic rings. The largest absolute Gasteiger partial charge is 0.385 e. The third-order valence-corrected chi connectivity index (χ3v) is 5.29. The molecule has 5 heteroatoms. The van der Waals surface area contributed by atoms with Crippen LogP contribution in [0.4, 0.5) is 0 Å². The molecule has 4 nitrogen and oxygen atoms in total. The maximum atomic E-state index is 5.32. The van der Waals surface area contributed by atoms with Crippen LogP contribution in [-0.4, -0.2) is 39.3 Å². The molecule has 0 aliphatic heterocycles. The number of rotatable bonds is 9. The standard InChI is InChI=1S/C19H35N3O.HI/c1-3-20-18(21-14-10-17-8-4-5-9-17)22-16-19(13-15-23-2)11-6-7-12-19;/h8H,3-7,9-16H2,1-2H3,(H2,20,21,22);1H. The molecule has 0 aromatic heterocycles. The van der Waals surface area contributed by atoms with Crippen molar-refractivity contribution < 1.29 is 4.74 Å². The number of hydrogen-bond acceptors (Lipinski definition) is 2. The lowest BCUT2D eigenvalue weighted by Gasteiger charge is -2.27. The van der Waals surface area contributed by atoms with Gasteiger partial charge in [0.15, 0.2) is 5.96 Å². The zero-order chi connectivity index (χ0) is 16.4. The van der Waals surface area contributed by atoms with Crippen LogP contribution in [0.1, 0.15) is 64.7 Å². The summed E-state index contributed by atoms with van der Waals surface area (Å²) in [4.78, 5) is 4.90. The fourth-order valence-electron chi connectivity index (χ4n) is 3.83. The maximum absolute atomic E-state index is 5.32. The minimum Gasteiger partial charge on any atom is -0.385 e. The van der Waals surface area contributed by atoms with Crippen LogP contribution in [0.25, 0.3) is 0 Å². The van der Waals surface area contributed by atoms with Crippen molar-refractivity contribution in [3.8, 4) is 0 Å². The lowest BCUT2D eigenvalue weighted by molar-refractivity contribution is 0.141. The Hall–Kier alpha value is -0.300. The molecule has 1 fully saturated rings. The van der Waals surface area contributed by atoms with E-state index in [9.17, 15) is 0 Å². The highest BCUT2D eigenvalue weighted by atomic mass is 127. The molecular formula is C19H36IN3O. The van der Waals surface area contributed by atoms with E-state index in [-0.39, 0.29) is 24.0 Å². The van der Waals surface area contributed by atoms with Gasteiger partial charge in [0.05, 0.1) is 0 Å². The Morgan fingerprint density at radius 3 is 2.67 bits per heavy atom. The molecule has 0 aromatic rings. The first-order chi connectivity index (χ1) is 11.3. The normalized spacial score (nSPS) is 19.8. The van der Waals surface area contributed by atoms with Gasteiger partial charge in [-0.15, -0.1) is 24.0 Å². The molecule has 2 N–H and O–H groups in total. The fourth-order valence-corrected chi connectivity index (χ4v) is 3.83. The average Bonchev–Trinajstić information content (AvgIpc) is 3.23. The van der Waals surface area contributed by atoms with Crippen LogP contribution in [0.15, 0.2) is 16.6 Å². The van der Waals surface area contributed by atoms with Gasteiger partial charge in [0.25, 0.3) is 0 Å². The van der Waals surface area contributed by atoms with Crippen LogP contribution in [0.2, 0.25) is 0 Å². The molecule has 0 saturated heterocycles. The lowest BCUT2D eigenvalue weighted by Crippen LogP contribution is -2.39. The van der Waals surface area contributed by atoms with Crippen molar-refractivity contribution in [1.29, 1.82) is 0 Å². The Labute approximate surface area is 165 Å². The van der Waals surface area contributed by atoms with E-state index >= 15 is 0 Å². The smallest absolute Gasteiger partial charge is 0.191 e. The van der Waals surface area contributed by atoms with Gasteiger partial charge in [0.1, 0.15) is 0 Å². The van der Waals surface area contributed by atoms with Gasteiger partial charge in [-0.05, 0) is 57.3 Å². The van der Waals surface area contributed by atoms with E-state index in [0.29, 0.717) is 5.41 Å². The minimum absolute atomic E-state index is 0. The van der Waals surface area contributed by atoms with Gasteiger partial charge in [0.2, 0.25) is 0 Å². The van der Waals surface area contributed by atoms with Crippen molar-refractivity contribution in [3.63, 3.8) is 0 Å². The summed E-state index contributed by atoms with van der Waals surface area (Å²) in [6, 6.07) is 0. The quantitative estimate of drug-likeness (QED) is 0.239. The third-order valence-electron chi connectivity index (χ3n) is 5.29. The average molecular weight is 449 g/mol. The molecule has 24 heavy (non-hydrogen) atoms. The Morgan fingerprint density at radius 2 is 2.04 bits per heavy atom. The molecule has 0 atom stereocenters. The van der Waals surface area contributed by atoms with Crippen molar-refractivity contribution in [3.05, 3.63) is 11.6 Å². The van der Waals surface area contributed by atoms with Crippen molar-refractivity contribution in [1.82, 2.24) is 10.6 Å². The van der Waals surface area contributed by atoms with E-state index in [4.69, 9.17) is 9.73 Å². The molecule has 0 aromatic carbocycles. The molecule has 0 radical (unpaired) electrons. The van der Waals surface area contributed by atoms with Gasteiger partial charge < -0.3 is 15.4 Å². The van der Waals surface area contributed by atoms with Crippen LogP contribution in [0.5, 0.6) is 0 Å². The molecule has 2 rings (SSSR count). The fraction of sp³-hybridized carbons (Fsp3) is 0.842. The first-order valence-electron chi connectivity index (χ1n) is 9.47. The number of methoxy groups -OCH3 is 1. The highest BCUT2D eigenvalue weighted by Gasteiger charge is 2.33. The highest BCUT2D eigenvalue weighted by molar-refractivity contribution is 14.0. The van der Waals surface area contributed by atoms with E-state index in [2.05, 4.69) is 23.6 Å². The molecule has 0 amide bonds. The van der Waals surface area contributed by atoms with Crippen LogP contribution in [-0.2, 0) is 4.74 Å². The molecule has 0 spiro atoms. The van der Waals surface area contributed by atoms with E-state index in [1.54, 1.807) is 12.7 Å². The van der Waals surface area contributed by atoms with Crippen LogP contribution in [0, 0.1) is 5.41 Å². The van der Waals surface area contributed by atoms with E-state index < -0.39 is 0 Å².